The molecule has 3 aromatic rings. The Morgan fingerprint density at radius 1 is 1.29 bits per heavy atom. The molecular formula is C21H24N4O3. The number of hydrogen-bond acceptors (Lipinski definition) is 5. The van der Waals surface area contributed by atoms with Gasteiger partial charge in [0.15, 0.2) is 11.5 Å². The summed E-state index contributed by atoms with van der Waals surface area (Å²) in [5.41, 5.74) is 5.19. The number of carbonyl (C=O) groups is 1. The lowest BCUT2D eigenvalue weighted by atomic mass is 10.2. The van der Waals surface area contributed by atoms with Gasteiger partial charge in [0, 0.05) is 6.20 Å². The van der Waals surface area contributed by atoms with Gasteiger partial charge in [0.2, 0.25) is 0 Å². The molecule has 0 spiro atoms. The number of fused-ring (bicyclic) bond motifs is 1. The van der Waals surface area contributed by atoms with Crippen LogP contribution in [-0.4, -0.2) is 35.2 Å². The minimum atomic E-state index is -0.319. The number of ether oxygens (including phenoxy) is 2. The highest BCUT2D eigenvalue weighted by Gasteiger charge is 2.15. The summed E-state index contributed by atoms with van der Waals surface area (Å²) in [7, 11) is 1.61. The molecule has 0 atom stereocenters. The first kappa shape index (κ1) is 19.4. The first-order chi connectivity index (χ1) is 13.6. The monoisotopic (exact) mass is 380 g/mol. The van der Waals surface area contributed by atoms with E-state index in [1.807, 2.05) is 36.4 Å². The predicted molar refractivity (Wildman–Crippen MR) is 108 cm³/mol. The number of aryl methyl sites for hydroxylation is 1. The van der Waals surface area contributed by atoms with Gasteiger partial charge in [-0.1, -0.05) is 19.4 Å². The molecule has 0 fully saturated rings. The summed E-state index contributed by atoms with van der Waals surface area (Å²) in [5.74, 6) is 1.00. The number of imidazole rings is 1. The molecule has 7 nitrogen and oxygen atoms in total. The summed E-state index contributed by atoms with van der Waals surface area (Å²) < 4.78 is 12.8. The normalized spacial score (nSPS) is 11.1. The van der Waals surface area contributed by atoms with E-state index in [1.54, 1.807) is 30.8 Å². The Kier molecular flexibility index (Phi) is 6.26. The number of amides is 1. The lowest BCUT2D eigenvalue weighted by Gasteiger charge is -2.10. The van der Waals surface area contributed by atoms with Crippen LogP contribution in [0.2, 0.25) is 0 Å². The fourth-order valence-electron chi connectivity index (χ4n) is 2.82. The van der Waals surface area contributed by atoms with E-state index in [9.17, 15) is 4.79 Å². The molecule has 2 aromatic heterocycles. The number of pyridine rings is 1. The number of benzene rings is 1. The van der Waals surface area contributed by atoms with E-state index < -0.39 is 0 Å². The number of unbranched alkanes of at least 4 members (excludes halogenated alkanes) is 1. The van der Waals surface area contributed by atoms with Crippen molar-refractivity contribution < 1.29 is 14.3 Å². The number of hydrogen-bond donors (Lipinski definition) is 1. The molecule has 0 saturated heterocycles. The summed E-state index contributed by atoms with van der Waals surface area (Å²) in [4.78, 5) is 16.9. The third kappa shape index (κ3) is 4.31. The summed E-state index contributed by atoms with van der Waals surface area (Å²) in [6.07, 6.45) is 5.40. The van der Waals surface area contributed by atoms with Crippen molar-refractivity contribution in [2.45, 2.75) is 26.7 Å². The average molecular weight is 380 g/mol. The number of nitrogens with zero attached hydrogens (tertiary/aromatic N) is 3. The molecule has 0 radical (unpaired) electrons. The van der Waals surface area contributed by atoms with Gasteiger partial charge < -0.3 is 9.47 Å². The Hall–Kier alpha value is -3.35. The largest absolute Gasteiger partial charge is 0.493 e. The number of methoxy groups -OCH3 is 1. The van der Waals surface area contributed by atoms with Crippen molar-refractivity contribution in [1.29, 1.82) is 0 Å². The van der Waals surface area contributed by atoms with Gasteiger partial charge in [0.1, 0.15) is 11.3 Å². The third-order valence-electron chi connectivity index (χ3n) is 4.24. The van der Waals surface area contributed by atoms with Gasteiger partial charge in [-0.15, -0.1) is 0 Å². The molecule has 0 aliphatic carbocycles. The van der Waals surface area contributed by atoms with E-state index in [-0.39, 0.29) is 5.91 Å². The Morgan fingerprint density at radius 3 is 2.93 bits per heavy atom. The summed E-state index contributed by atoms with van der Waals surface area (Å²) in [5, 5.41) is 4.08. The highest BCUT2D eigenvalue weighted by molar-refractivity contribution is 5.95. The Bertz CT molecular complexity index is 994. The molecular weight excluding hydrogens is 356 g/mol. The fourth-order valence-corrected chi connectivity index (χ4v) is 2.82. The minimum Gasteiger partial charge on any atom is -0.493 e. The van der Waals surface area contributed by atoms with Crippen molar-refractivity contribution >= 4 is 17.8 Å². The molecule has 28 heavy (non-hydrogen) atoms. The number of carbonyl (C=O) groups excluding carboxylic acids is 1. The molecule has 0 unspecified atom stereocenters. The molecule has 1 aromatic carbocycles. The van der Waals surface area contributed by atoms with Crippen LogP contribution in [0.5, 0.6) is 11.5 Å². The van der Waals surface area contributed by atoms with E-state index in [0.717, 1.165) is 24.1 Å². The van der Waals surface area contributed by atoms with Crippen molar-refractivity contribution in [3.8, 4) is 11.5 Å². The number of nitrogens with one attached hydrogen (secondary N) is 1. The van der Waals surface area contributed by atoms with Gasteiger partial charge in [-0.05, 0) is 49.2 Å². The van der Waals surface area contributed by atoms with Crippen LogP contribution in [0.3, 0.4) is 0 Å². The summed E-state index contributed by atoms with van der Waals surface area (Å²) >= 11 is 0. The van der Waals surface area contributed by atoms with Gasteiger partial charge in [-0.2, -0.15) is 5.10 Å². The zero-order chi connectivity index (χ0) is 19.9. The maximum atomic E-state index is 12.5. The van der Waals surface area contributed by atoms with E-state index in [4.69, 9.17) is 9.47 Å². The van der Waals surface area contributed by atoms with Crippen molar-refractivity contribution in [3.63, 3.8) is 0 Å². The van der Waals surface area contributed by atoms with Gasteiger partial charge in [0.05, 0.1) is 25.6 Å². The van der Waals surface area contributed by atoms with Crippen LogP contribution in [0.1, 0.15) is 41.5 Å². The van der Waals surface area contributed by atoms with E-state index in [1.165, 1.54) is 0 Å². The molecule has 0 saturated carbocycles. The highest BCUT2D eigenvalue weighted by Crippen LogP contribution is 2.27. The van der Waals surface area contributed by atoms with Crippen LogP contribution >= 0.6 is 0 Å². The van der Waals surface area contributed by atoms with Crippen LogP contribution in [0.25, 0.3) is 5.65 Å². The van der Waals surface area contributed by atoms with E-state index in [2.05, 4.69) is 22.4 Å². The zero-order valence-corrected chi connectivity index (χ0v) is 16.3. The molecule has 0 bridgehead atoms. The van der Waals surface area contributed by atoms with E-state index in [0.29, 0.717) is 29.5 Å². The van der Waals surface area contributed by atoms with Crippen LogP contribution in [0.4, 0.5) is 0 Å². The number of hydrazone groups is 1. The molecule has 1 N–H and O–H groups in total. The second-order valence-electron chi connectivity index (χ2n) is 6.29. The smallest absolute Gasteiger partial charge is 0.290 e. The Morgan fingerprint density at radius 2 is 2.14 bits per heavy atom. The highest BCUT2D eigenvalue weighted by atomic mass is 16.5. The van der Waals surface area contributed by atoms with Gasteiger partial charge >= 0.3 is 0 Å². The topological polar surface area (TPSA) is 77.2 Å². The SMILES string of the molecule is CCCCOc1cc(/C=N\NC(=O)c2c(C)nc3ccccn23)ccc1OC. The van der Waals surface area contributed by atoms with Crippen molar-refractivity contribution in [2.24, 2.45) is 5.10 Å². The fraction of sp³-hybridized carbons (Fsp3) is 0.286. The first-order valence-electron chi connectivity index (χ1n) is 9.22. The molecule has 7 heteroatoms. The Balaban J connectivity index is 1.72. The van der Waals surface area contributed by atoms with Crippen LogP contribution < -0.4 is 14.9 Å². The quantitative estimate of drug-likeness (QED) is 0.368. The molecule has 146 valence electrons. The second-order valence-corrected chi connectivity index (χ2v) is 6.29. The third-order valence-corrected chi connectivity index (χ3v) is 4.24. The maximum Gasteiger partial charge on any atom is 0.290 e. The van der Waals surface area contributed by atoms with Gasteiger partial charge in [0.25, 0.3) is 5.91 Å². The van der Waals surface area contributed by atoms with Crippen molar-refractivity contribution in [3.05, 3.63) is 59.5 Å². The lowest BCUT2D eigenvalue weighted by molar-refractivity contribution is 0.0948. The van der Waals surface area contributed by atoms with Gasteiger partial charge in [-0.3, -0.25) is 9.20 Å². The predicted octanol–water partition coefficient (Wildman–Crippen LogP) is 3.59. The van der Waals surface area contributed by atoms with Gasteiger partial charge in [-0.25, -0.2) is 10.4 Å². The van der Waals surface area contributed by atoms with Crippen molar-refractivity contribution in [2.75, 3.05) is 13.7 Å². The summed E-state index contributed by atoms with van der Waals surface area (Å²) in [6.45, 7) is 4.53. The maximum absolute atomic E-state index is 12.5. The van der Waals surface area contributed by atoms with Crippen LogP contribution in [0.15, 0.2) is 47.7 Å². The molecule has 0 aliphatic rings. The molecule has 1 amide bonds. The summed E-state index contributed by atoms with van der Waals surface area (Å²) in [6, 6.07) is 11.1. The zero-order valence-electron chi connectivity index (χ0n) is 16.3. The second kappa shape index (κ2) is 9.03. The standard InChI is InChI=1S/C21H24N4O3/c1-4-5-12-28-18-13-16(9-10-17(18)27-3)14-22-24-21(26)20-15(2)23-19-8-6-7-11-25(19)20/h6-11,13-14H,4-5,12H2,1-3H3,(H,24,26)/b22-14-. The van der Waals surface area contributed by atoms with Crippen LogP contribution in [-0.2, 0) is 0 Å². The Labute approximate surface area is 164 Å². The average Bonchev–Trinajstić information content (AvgIpc) is 3.04. The first-order valence-corrected chi connectivity index (χ1v) is 9.22. The van der Waals surface area contributed by atoms with Crippen molar-refractivity contribution in [1.82, 2.24) is 14.8 Å². The van der Waals surface area contributed by atoms with E-state index >= 15 is 0 Å². The lowest BCUT2D eigenvalue weighted by Crippen LogP contribution is -2.20. The minimum absolute atomic E-state index is 0.319. The number of rotatable bonds is 8. The molecule has 3 rings (SSSR count). The molecule has 0 aliphatic heterocycles. The number of aromatic nitrogens is 2. The van der Waals surface area contributed by atoms with Crippen LogP contribution in [0, 0.1) is 6.92 Å². The molecule has 2 heterocycles.